The molecule has 0 aromatic heterocycles. The normalized spacial score (nSPS) is 13.9. The van der Waals surface area contributed by atoms with Crippen LogP contribution in [0.5, 0.6) is 0 Å². The van der Waals surface area contributed by atoms with Crippen molar-refractivity contribution in [3.63, 3.8) is 0 Å². The van der Waals surface area contributed by atoms with E-state index in [1.165, 1.54) is 6.42 Å². The van der Waals surface area contributed by atoms with Crippen LogP contribution in [0.25, 0.3) is 0 Å². The Morgan fingerprint density at radius 2 is 1.74 bits per heavy atom. The van der Waals surface area contributed by atoms with E-state index in [9.17, 15) is 9.59 Å². The number of carbonyl (C=O) groups is 2. The first-order valence-electron chi connectivity index (χ1n) is 9.66. The molecule has 0 saturated carbocycles. The van der Waals surface area contributed by atoms with E-state index in [0.717, 1.165) is 38.2 Å². The summed E-state index contributed by atoms with van der Waals surface area (Å²) in [7, 11) is 0. The van der Waals surface area contributed by atoms with E-state index in [4.69, 9.17) is 0 Å². The summed E-state index contributed by atoms with van der Waals surface area (Å²) in [6.07, 6.45) is 3.32. The van der Waals surface area contributed by atoms with Crippen LogP contribution < -0.4 is 10.2 Å². The van der Waals surface area contributed by atoms with Gasteiger partial charge in [-0.15, -0.1) is 0 Å². The maximum absolute atomic E-state index is 12.7. The van der Waals surface area contributed by atoms with Gasteiger partial charge in [-0.1, -0.05) is 24.3 Å². The van der Waals surface area contributed by atoms with Crippen molar-refractivity contribution in [3.05, 3.63) is 60.2 Å². The third-order valence-corrected chi connectivity index (χ3v) is 4.87. The summed E-state index contributed by atoms with van der Waals surface area (Å²) in [6, 6.07) is 17.1. The first-order chi connectivity index (χ1) is 13.2. The van der Waals surface area contributed by atoms with Crippen molar-refractivity contribution < 1.29 is 9.59 Å². The van der Waals surface area contributed by atoms with Crippen LogP contribution in [0.4, 0.5) is 11.4 Å². The van der Waals surface area contributed by atoms with E-state index in [0.29, 0.717) is 11.3 Å². The Hall–Kier alpha value is -2.82. The zero-order valence-electron chi connectivity index (χ0n) is 15.9. The van der Waals surface area contributed by atoms with Crippen molar-refractivity contribution in [1.29, 1.82) is 0 Å². The molecule has 0 spiro atoms. The molecule has 1 fully saturated rings. The van der Waals surface area contributed by atoms with Gasteiger partial charge >= 0.3 is 0 Å². The van der Waals surface area contributed by atoms with Gasteiger partial charge in [-0.05, 0) is 56.5 Å². The fraction of sp³-hybridized carbons (Fsp3) is 0.364. The van der Waals surface area contributed by atoms with E-state index in [-0.39, 0.29) is 18.4 Å². The molecule has 2 aromatic rings. The van der Waals surface area contributed by atoms with Crippen molar-refractivity contribution in [2.45, 2.75) is 26.2 Å². The lowest BCUT2D eigenvalue weighted by atomic mass is 10.1. The summed E-state index contributed by atoms with van der Waals surface area (Å²) in [5, 5.41) is 2.92. The fourth-order valence-corrected chi connectivity index (χ4v) is 3.41. The molecule has 142 valence electrons. The van der Waals surface area contributed by atoms with Crippen molar-refractivity contribution in [2.75, 3.05) is 36.4 Å². The Morgan fingerprint density at radius 3 is 2.44 bits per heavy atom. The molecule has 2 aromatic carbocycles. The molecule has 1 aliphatic rings. The number of hydrogen-bond donors (Lipinski definition) is 1. The number of likely N-dealkylation sites (tertiary alicyclic amines) is 1. The number of anilines is 2. The van der Waals surface area contributed by atoms with Crippen LogP contribution in [0.2, 0.25) is 0 Å². The van der Waals surface area contributed by atoms with Gasteiger partial charge in [0.1, 0.15) is 0 Å². The maximum atomic E-state index is 12.7. The molecule has 1 saturated heterocycles. The molecule has 0 bridgehead atoms. The van der Waals surface area contributed by atoms with Crippen LogP contribution in [0.1, 0.15) is 36.5 Å². The van der Waals surface area contributed by atoms with Crippen LogP contribution in [0.3, 0.4) is 0 Å². The quantitative estimate of drug-likeness (QED) is 0.848. The number of carbonyl (C=O) groups excluding carboxylic acids is 2. The largest absolute Gasteiger partial charge is 0.362 e. The van der Waals surface area contributed by atoms with E-state index in [1.807, 2.05) is 65.3 Å². The van der Waals surface area contributed by atoms with Gasteiger partial charge in [-0.25, -0.2) is 0 Å². The molecular formula is C22H27N3O2. The Labute approximate surface area is 161 Å². The lowest BCUT2D eigenvalue weighted by molar-refractivity contribution is -0.115. The van der Waals surface area contributed by atoms with Gasteiger partial charge < -0.3 is 15.1 Å². The molecule has 0 radical (unpaired) electrons. The molecular weight excluding hydrogens is 338 g/mol. The van der Waals surface area contributed by atoms with Crippen LogP contribution >= 0.6 is 0 Å². The van der Waals surface area contributed by atoms with Crippen molar-refractivity contribution in [3.8, 4) is 0 Å². The maximum Gasteiger partial charge on any atom is 0.253 e. The van der Waals surface area contributed by atoms with Crippen molar-refractivity contribution >= 4 is 23.2 Å². The topological polar surface area (TPSA) is 52.7 Å². The highest BCUT2D eigenvalue weighted by molar-refractivity contribution is 5.98. The lowest BCUT2D eigenvalue weighted by Crippen LogP contribution is -2.35. The van der Waals surface area contributed by atoms with E-state index >= 15 is 0 Å². The number of amides is 2. The predicted octanol–water partition coefficient (Wildman–Crippen LogP) is 3.78. The average molecular weight is 365 g/mol. The summed E-state index contributed by atoms with van der Waals surface area (Å²) in [4.78, 5) is 29.1. The zero-order valence-corrected chi connectivity index (χ0v) is 15.9. The summed E-state index contributed by atoms with van der Waals surface area (Å²) in [6.45, 7) is 4.67. The number of nitrogens with one attached hydrogen (secondary N) is 1. The Balaban J connectivity index is 1.63. The van der Waals surface area contributed by atoms with E-state index < -0.39 is 0 Å². The first kappa shape index (κ1) is 19.0. The molecule has 0 aliphatic carbocycles. The van der Waals surface area contributed by atoms with Crippen LogP contribution in [0, 0.1) is 0 Å². The summed E-state index contributed by atoms with van der Waals surface area (Å²) >= 11 is 0. The Kier molecular flexibility index (Phi) is 6.47. The number of hydrogen-bond acceptors (Lipinski definition) is 3. The summed E-state index contributed by atoms with van der Waals surface area (Å²) < 4.78 is 0. The minimum atomic E-state index is -0.0942. The van der Waals surface area contributed by atoms with E-state index in [1.54, 1.807) is 6.07 Å². The molecule has 0 unspecified atom stereocenters. The number of para-hydroxylation sites is 1. The molecule has 5 nitrogen and oxygen atoms in total. The van der Waals surface area contributed by atoms with Gasteiger partial charge in [0, 0.05) is 36.6 Å². The van der Waals surface area contributed by atoms with Gasteiger partial charge in [0.2, 0.25) is 5.91 Å². The fourth-order valence-electron chi connectivity index (χ4n) is 3.41. The number of nitrogens with zero attached hydrogens (tertiary/aromatic N) is 2. The van der Waals surface area contributed by atoms with Crippen molar-refractivity contribution in [1.82, 2.24) is 4.90 Å². The standard InChI is InChI=1S/C22H27N3O2/c1-2-24(20-12-5-3-6-13-20)17-21(26)23-19-11-9-10-18(16-19)22(27)25-14-7-4-8-15-25/h3,5-6,9-13,16H,2,4,7-8,14-15,17H2,1H3,(H,23,26). The monoisotopic (exact) mass is 365 g/mol. The lowest BCUT2D eigenvalue weighted by Gasteiger charge is -2.27. The highest BCUT2D eigenvalue weighted by Crippen LogP contribution is 2.17. The molecule has 1 N–H and O–H groups in total. The molecule has 1 heterocycles. The second-order valence-corrected chi connectivity index (χ2v) is 6.83. The highest BCUT2D eigenvalue weighted by Gasteiger charge is 2.18. The smallest absolute Gasteiger partial charge is 0.253 e. The highest BCUT2D eigenvalue weighted by atomic mass is 16.2. The predicted molar refractivity (Wildman–Crippen MR) is 109 cm³/mol. The Bertz CT molecular complexity index is 770. The third-order valence-electron chi connectivity index (χ3n) is 4.87. The molecule has 0 atom stereocenters. The van der Waals surface area contributed by atoms with Crippen LogP contribution in [-0.4, -0.2) is 42.9 Å². The minimum absolute atomic E-state index is 0.0465. The van der Waals surface area contributed by atoms with Gasteiger partial charge in [-0.2, -0.15) is 0 Å². The first-order valence-corrected chi connectivity index (χ1v) is 9.66. The van der Waals surface area contributed by atoms with Gasteiger partial charge in [0.25, 0.3) is 5.91 Å². The number of likely N-dealkylation sites (N-methyl/N-ethyl adjacent to an activating group) is 1. The van der Waals surface area contributed by atoms with Gasteiger partial charge in [0.15, 0.2) is 0 Å². The minimum Gasteiger partial charge on any atom is -0.362 e. The van der Waals surface area contributed by atoms with Crippen molar-refractivity contribution in [2.24, 2.45) is 0 Å². The molecule has 27 heavy (non-hydrogen) atoms. The molecule has 1 aliphatic heterocycles. The summed E-state index contributed by atoms with van der Waals surface area (Å²) in [5.74, 6) is -0.0476. The van der Waals surface area contributed by atoms with Gasteiger partial charge in [0.05, 0.1) is 6.54 Å². The number of benzene rings is 2. The molecule has 3 rings (SSSR count). The third kappa shape index (κ3) is 5.09. The second kappa shape index (κ2) is 9.21. The SMILES string of the molecule is CCN(CC(=O)Nc1cccc(C(=O)N2CCCCC2)c1)c1ccccc1. The average Bonchev–Trinajstić information content (AvgIpc) is 2.73. The number of piperidine rings is 1. The molecule has 5 heteroatoms. The van der Waals surface area contributed by atoms with Crippen LogP contribution in [0.15, 0.2) is 54.6 Å². The van der Waals surface area contributed by atoms with Gasteiger partial charge in [-0.3, -0.25) is 9.59 Å². The summed E-state index contributed by atoms with van der Waals surface area (Å²) in [5.41, 5.74) is 2.31. The Morgan fingerprint density at radius 1 is 1.00 bits per heavy atom. The number of rotatable bonds is 6. The second-order valence-electron chi connectivity index (χ2n) is 6.83. The molecule has 2 amide bonds. The van der Waals surface area contributed by atoms with Crippen LogP contribution in [-0.2, 0) is 4.79 Å². The van der Waals surface area contributed by atoms with E-state index in [2.05, 4.69) is 5.32 Å². The zero-order chi connectivity index (χ0) is 19.1.